The lowest BCUT2D eigenvalue weighted by Gasteiger charge is -2.44. The second-order valence-electron chi connectivity index (χ2n) is 9.20. The van der Waals surface area contributed by atoms with Crippen molar-refractivity contribution in [3.8, 4) is 11.1 Å². The SMILES string of the molecule is O=C(N[C@@H]1CN2CCC1CC2)c1cc2cccc(-c3ccc(N4CCOCC4)cc3)c2o1. The normalized spacial score (nSPS) is 25.2. The third kappa shape index (κ3) is 3.67. The van der Waals surface area contributed by atoms with Crippen molar-refractivity contribution in [2.24, 2.45) is 5.92 Å². The van der Waals surface area contributed by atoms with E-state index in [-0.39, 0.29) is 11.9 Å². The summed E-state index contributed by atoms with van der Waals surface area (Å²) < 4.78 is 11.6. The van der Waals surface area contributed by atoms with Crippen LogP contribution >= 0.6 is 0 Å². The first kappa shape index (κ1) is 19.8. The Morgan fingerprint density at radius 1 is 0.969 bits per heavy atom. The number of rotatable bonds is 4. The number of nitrogens with one attached hydrogen (secondary N) is 1. The molecular formula is C26H29N3O3. The van der Waals surface area contributed by atoms with E-state index in [1.807, 2.05) is 18.2 Å². The molecule has 6 nitrogen and oxygen atoms in total. The van der Waals surface area contributed by atoms with Gasteiger partial charge in [-0.1, -0.05) is 30.3 Å². The van der Waals surface area contributed by atoms with Crippen LogP contribution in [0.3, 0.4) is 0 Å². The lowest BCUT2D eigenvalue weighted by atomic mass is 9.84. The van der Waals surface area contributed by atoms with E-state index in [9.17, 15) is 4.79 Å². The van der Waals surface area contributed by atoms with Crippen LogP contribution in [0.4, 0.5) is 5.69 Å². The molecule has 4 fully saturated rings. The molecule has 2 aromatic carbocycles. The molecule has 4 saturated heterocycles. The van der Waals surface area contributed by atoms with Gasteiger partial charge in [-0.15, -0.1) is 0 Å². The number of ether oxygens (including phenoxy) is 1. The maximum Gasteiger partial charge on any atom is 0.287 e. The van der Waals surface area contributed by atoms with Crippen LogP contribution in [0.1, 0.15) is 23.4 Å². The number of carbonyl (C=O) groups is 1. The number of benzene rings is 2. The predicted octanol–water partition coefficient (Wildman–Crippen LogP) is 3.76. The molecule has 0 spiro atoms. The average Bonchev–Trinajstić information content (AvgIpc) is 3.30. The molecule has 1 atom stereocenters. The van der Waals surface area contributed by atoms with Gasteiger partial charge in [0.1, 0.15) is 5.58 Å². The van der Waals surface area contributed by atoms with Gasteiger partial charge in [0.25, 0.3) is 5.91 Å². The fourth-order valence-electron chi connectivity index (χ4n) is 5.44. The van der Waals surface area contributed by atoms with Crippen molar-refractivity contribution in [3.63, 3.8) is 0 Å². The van der Waals surface area contributed by atoms with Crippen LogP contribution < -0.4 is 10.2 Å². The molecular weight excluding hydrogens is 402 g/mol. The van der Waals surface area contributed by atoms with E-state index in [1.54, 1.807) is 0 Å². The van der Waals surface area contributed by atoms with E-state index < -0.39 is 0 Å². The standard InChI is InChI=1S/C26H29N3O3/c30-26(27-23-17-28-10-8-19(23)9-11-28)24-16-20-2-1-3-22(25(20)32-24)18-4-6-21(7-5-18)29-12-14-31-15-13-29/h1-7,16,19,23H,8-15,17H2,(H,27,30)/t23-/m1/s1. The molecule has 1 amide bonds. The largest absolute Gasteiger partial charge is 0.450 e. The molecule has 5 heterocycles. The molecule has 6 heteroatoms. The average molecular weight is 432 g/mol. The van der Waals surface area contributed by atoms with E-state index in [2.05, 4.69) is 45.4 Å². The van der Waals surface area contributed by atoms with Crippen molar-refractivity contribution >= 4 is 22.6 Å². The predicted molar refractivity (Wildman–Crippen MR) is 125 cm³/mol. The summed E-state index contributed by atoms with van der Waals surface area (Å²) in [6, 6.07) is 16.8. The van der Waals surface area contributed by atoms with Crippen molar-refractivity contribution in [1.29, 1.82) is 0 Å². The smallest absolute Gasteiger partial charge is 0.287 e. The summed E-state index contributed by atoms with van der Waals surface area (Å²) in [5, 5.41) is 4.20. The minimum atomic E-state index is -0.103. The number of hydrogen-bond acceptors (Lipinski definition) is 5. The highest BCUT2D eigenvalue weighted by Gasteiger charge is 2.35. The number of piperidine rings is 3. The second-order valence-corrected chi connectivity index (χ2v) is 9.20. The van der Waals surface area contributed by atoms with E-state index in [4.69, 9.17) is 9.15 Å². The van der Waals surface area contributed by atoms with E-state index in [0.717, 1.165) is 68.0 Å². The number of fused-ring (bicyclic) bond motifs is 4. The highest BCUT2D eigenvalue weighted by Crippen LogP contribution is 2.33. The van der Waals surface area contributed by atoms with Crippen LogP contribution in [-0.4, -0.2) is 62.8 Å². The quantitative estimate of drug-likeness (QED) is 0.682. The summed E-state index contributed by atoms with van der Waals surface area (Å²) in [5.41, 5.74) is 4.08. The molecule has 3 aromatic rings. The van der Waals surface area contributed by atoms with Gasteiger partial charge in [-0.3, -0.25) is 4.79 Å². The maximum atomic E-state index is 13.0. The minimum Gasteiger partial charge on any atom is -0.450 e. The van der Waals surface area contributed by atoms with Crippen molar-refractivity contribution in [2.75, 3.05) is 50.8 Å². The Hall–Kier alpha value is -2.83. The van der Waals surface area contributed by atoms with Gasteiger partial charge in [-0.25, -0.2) is 0 Å². The fourth-order valence-corrected chi connectivity index (χ4v) is 5.44. The molecule has 4 aliphatic rings. The summed E-state index contributed by atoms with van der Waals surface area (Å²) in [6.45, 7) is 6.67. The summed E-state index contributed by atoms with van der Waals surface area (Å²) in [4.78, 5) is 17.8. The number of nitrogens with zero attached hydrogens (tertiary/aromatic N) is 2. The van der Waals surface area contributed by atoms with Gasteiger partial charge < -0.3 is 24.3 Å². The van der Waals surface area contributed by atoms with Gasteiger partial charge in [0.2, 0.25) is 0 Å². The number of furan rings is 1. The Balaban J connectivity index is 1.24. The van der Waals surface area contributed by atoms with Crippen molar-refractivity contribution < 1.29 is 13.9 Å². The first-order chi connectivity index (χ1) is 15.7. The lowest BCUT2D eigenvalue weighted by molar-refractivity contribution is 0.0607. The van der Waals surface area contributed by atoms with Crippen LogP contribution in [0, 0.1) is 5.92 Å². The molecule has 7 rings (SSSR count). The Bertz CT molecular complexity index is 1110. The highest BCUT2D eigenvalue weighted by atomic mass is 16.5. The molecule has 4 aliphatic heterocycles. The molecule has 1 aromatic heterocycles. The van der Waals surface area contributed by atoms with Crippen LogP contribution in [0.2, 0.25) is 0 Å². The maximum absolute atomic E-state index is 13.0. The molecule has 1 N–H and O–H groups in total. The van der Waals surface area contributed by atoms with E-state index in [1.165, 1.54) is 18.5 Å². The Kier molecular flexibility index (Phi) is 5.12. The number of morpholine rings is 1. The number of carbonyl (C=O) groups excluding carboxylic acids is 1. The Morgan fingerprint density at radius 2 is 1.75 bits per heavy atom. The third-order valence-electron chi connectivity index (χ3n) is 7.30. The fraction of sp³-hybridized carbons (Fsp3) is 0.423. The number of amides is 1. The van der Waals surface area contributed by atoms with E-state index in [0.29, 0.717) is 11.7 Å². The van der Waals surface area contributed by atoms with Crippen LogP contribution in [0.5, 0.6) is 0 Å². The topological polar surface area (TPSA) is 58.0 Å². The van der Waals surface area contributed by atoms with Crippen LogP contribution in [0.15, 0.2) is 52.9 Å². The number of anilines is 1. The Labute approximate surface area is 188 Å². The molecule has 0 saturated carbocycles. The minimum absolute atomic E-state index is 0.103. The zero-order chi connectivity index (χ0) is 21.5. The zero-order valence-corrected chi connectivity index (χ0v) is 18.3. The Morgan fingerprint density at radius 3 is 2.47 bits per heavy atom. The summed E-state index contributed by atoms with van der Waals surface area (Å²) in [6.07, 6.45) is 2.35. The molecule has 32 heavy (non-hydrogen) atoms. The number of hydrogen-bond donors (Lipinski definition) is 1. The summed E-state index contributed by atoms with van der Waals surface area (Å²) in [7, 11) is 0. The third-order valence-corrected chi connectivity index (χ3v) is 7.30. The van der Waals surface area contributed by atoms with Gasteiger partial charge in [-0.2, -0.15) is 0 Å². The number of para-hydroxylation sites is 1. The van der Waals surface area contributed by atoms with Gasteiger partial charge in [0, 0.05) is 42.3 Å². The molecule has 0 aliphatic carbocycles. The van der Waals surface area contributed by atoms with Gasteiger partial charge >= 0.3 is 0 Å². The molecule has 2 bridgehead atoms. The summed E-state index contributed by atoms with van der Waals surface area (Å²) >= 11 is 0. The lowest BCUT2D eigenvalue weighted by Crippen LogP contribution is -2.57. The van der Waals surface area contributed by atoms with E-state index >= 15 is 0 Å². The van der Waals surface area contributed by atoms with Gasteiger partial charge in [-0.05, 0) is 55.6 Å². The zero-order valence-electron chi connectivity index (χ0n) is 18.3. The summed E-state index contributed by atoms with van der Waals surface area (Å²) in [5.74, 6) is 0.885. The molecule has 166 valence electrons. The van der Waals surface area contributed by atoms with Gasteiger partial charge in [0.05, 0.1) is 13.2 Å². The van der Waals surface area contributed by atoms with Gasteiger partial charge in [0.15, 0.2) is 5.76 Å². The molecule has 0 unspecified atom stereocenters. The van der Waals surface area contributed by atoms with Crippen molar-refractivity contribution in [1.82, 2.24) is 10.2 Å². The molecule has 0 radical (unpaired) electrons. The first-order valence-electron chi connectivity index (χ1n) is 11.7. The highest BCUT2D eigenvalue weighted by molar-refractivity contribution is 6.00. The van der Waals surface area contributed by atoms with Crippen LogP contribution in [0.25, 0.3) is 22.1 Å². The second kappa shape index (κ2) is 8.26. The monoisotopic (exact) mass is 431 g/mol. The van der Waals surface area contributed by atoms with Crippen molar-refractivity contribution in [2.45, 2.75) is 18.9 Å². The van der Waals surface area contributed by atoms with Crippen LogP contribution in [-0.2, 0) is 4.74 Å². The van der Waals surface area contributed by atoms with Crippen molar-refractivity contribution in [3.05, 3.63) is 54.3 Å². The first-order valence-corrected chi connectivity index (χ1v) is 11.7.